The van der Waals surface area contributed by atoms with Crippen molar-refractivity contribution < 1.29 is 4.79 Å². The van der Waals surface area contributed by atoms with Crippen LogP contribution in [-0.4, -0.2) is 40.4 Å². The van der Waals surface area contributed by atoms with E-state index < -0.39 is 0 Å². The van der Waals surface area contributed by atoms with Crippen molar-refractivity contribution in [3.05, 3.63) is 41.0 Å². The van der Waals surface area contributed by atoms with Gasteiger partial charge in [-0.05, 0) is 43.5 Å². The summed E-state index contributed by atoms with van der Waals surface area (Å²) in [6, 6.07) is 8.55. The molecule has 0 atom stereocenters. The summed E-state index contributed by atoms with van der Waals surface area (Å²) in [5.41, 5.74) is 9.30. The van der Waals surface area contributed by atoms with E-state index in [0.29, 0.717) is 24.1 Å². The molecule has 7 nitrogen and oxygen atoms in total. The molecule has 0 saturated carbocycles. The van der Waals surface area contributed by atoms with Gasteiger partial charge in [0, 0.05) is 18.7 Å². The van der Waals surface area contributed by atoms with Crippen molar-refractivity contribution in [3.63, 3.8) is 0 Å². The zero-order chi connectivity index (χ0) is 20.9. The molecule has 2 aliphatic rings. The number of aromatic nitrogens is 2. The molecule has 0 radical (unpaired) electrons. The third-order valence-electron chi connectivity index (χ3n) is 5.90. The van der Waals surface area contributed by atoms with Gasteiger partial charge < -0.3 is 11.1 Å². The number of anilines is 3. The van der Waals surface area contributed by atoms with Gasteiger partial charge in [0.05, 0.1) is 13.0 Å². The standard InChI is InChI=1S/C23H32N6O/c1-2-3-10-25-23-26-21(24)19-14-20(30)29(22(19)27-23)16-18-9-7-8-17(13-18)15-28-11-5-4-6-12-28/h7-9,13H,2-6,10-12,14-16H2,1H3,(H3,24,25,26,27). The SMILES string of the molecule is CCCCNc1nc(N)c2c(n1)N(Cc1cccc(CN3CCCCC3)c1)C(=O)C2. The number of carbonyl (C=O) groups is 1. The molecule has 1 saturated heterocycles. The molecule has 0 aliphatic carbocycles. The van der Waals surface area contributed by atoms with E-state index in [2.05, 4.69) is 51.4 Å². The van der Waals surface area contributed by atoms with Crippen molar-refractivity contribution in [2.24, 2.45) is 0 Å². The van der Waals surface area contributed by atoms with Crippen LogP contribution in [0.25, 0.3) is 0 Å². The van der Waals surface area contributed by atoms with Crippen LogP contribution >= 0.6 is 0 Å². The van der Waals surface area contributed by atoms with Gasteiger partial charge in [-0.3, -0.25) is 14.6 Å². The molecule has 1 fully saturated rings. The maximum absolute atomic E-state index is 12.7. The van der Waals surface area contributed by atoms with Crippen LogP contribution in [0.4, 0.5) is 17.6 Å². The van der Waals surface area contributed by atoms with Crippen molar-refractivity contribution in [1.29, 1.82) is 0 Å². The van der Waals surface area contributed by atoms with Crippen molar-refractivity contribution >= 4 is 23.5 Å². The fraction of sp³-hybridized carbons (Fsp3) is 0.522. The second kappa shape index (κ2) is 9.43. The Labute approximate surface area is 178 Å². The quantitative estimate of drug-likeness (QED) is 0.652. The van der Waals surface area contributed by atoms with E-state index in [1.807, 2.05) is 0 Å². The van der Waals surface area contributed by atoms with E-state index in [0.717, 1.165) is 37.1 Å². The minimum atomic E-state index is 0.0261. The average Bonchev–Trinajstić information content (AvgIpc) is 3.05. The van der Waals surface area contributed by atoms with Crippen molar-refractivity contribution in [1.82, 2.24) is 14.9 Å². The molecular weight excluding hydrogens is 376 g/mol. The van der Waals surface area contributed by atoms with Gasteiger partial charge in [-0.2, -0.15) is 9.97 Å². The fourth-order valence-corrected chi connectivity index (χ4v) is 4.25. The lowest BCUT2D eigenvalue weighted by Gasteiger charge is -2.26. The molecule has 0 bridgehead atoms. The predicted molar refractivity (Wildman–Crippen MR) is 120 cm³/mol. The molecule has 4 rings (SSSR count). The molecule has 2 aliphatic heterocycles. The van der Waals surface area contributed by atoms with E-state index in [9.17, 15) is 4.79 Å². The highest BCUT2D eigenvalue weighted by Gasteiger charge is 2.32. The molecule has 1 aromatic heterocycles. The number of piperidine rings is 1. The van der Waals surface area contributed by atoms with Gasteiger partial charge in [-0.1, -0.05) is 44.0 Å². The van der Waals surface area contributed by atoms with Gasteiger partial charge in [0.2, 0.25) is 11.9 Å². The normalized spacial score (nSPS) is 16.7. The highest BCUT2D eigenvalue weighted by molar-refractivity contribution is 6.01. The number of nitrogens with zero attached hydrogens (tertiary/aromatic N) is 4. The van der Waals surface area contributed by atoms with Crippen LogP contribution in [0.5, 0.6) is 0 Å². The summed E-state index contributed by atoms with van der Waals surface area (Å²) in [4.78, 5) is 26.0. The number of nitrogen functional groups attached to an aromatic ring is 1. The maximum atomic E-state index is 12.7. The Morgan fingerprint density at radius 2 is 1.87 bits per heavy atom. The van der Waals surface area contributed by atoms with Crippen LogP contribution < -0.4 is 16.0 Å². The minimum absolute atomic E-state index is 0.0261. The molecule has 160 valence electrons. The lowest BCUT2D eigenvalue weighted by atomic mass is 10.1. The Kier molecular flexibility index (Phi) is 6.47. The number of nitrogens with one attached hydrogen (secondary N) is 1. The fourth-order valence-electron chi connectivity index (χ4n) is 4.25. The number of benzene rings is 1. The molecular formula is C23H32N6O. The molecule has 1 amide bonds. The third kappa shape index (κ3) is 4.73. The number of fused-ring (bicyclic) bond motifs is 1. The Morgan fingerprint density at radius 3 is 2.63 bits per heavy atom. The van der Waals surface area contributed by atoms with Crippen LogP contribution in [0.2, 0.25) is 0 Å². The minimum Gasteiger partial charge on any atom is -0.383 e. The Bertz CT molecular complexity index is 893. The van der Waals surface area contributed by atoms with Crippen molar-refractivity contribution in [2.45, 2.75) is 58.5 Å². The van der Waals surface area contributed by atoms with Crippen molar-refractivity contribution in [3.8, 4) is 0 Å². The highest BCUT2D eigenvalue weighted by atomic mass is 16.2. The topological polar surface area (TPSA) is 87.4 Å². The van der Waals surface area contributed by atoms with Gasteiger partial charge in [0.15, 0.2) is 0 Å². The molecule has 3 heterocycles. The smallest absolute Gasteiger partial charge is 0.233 e. The van der Waals surface area contributed by atoms with Crippen LogP contribution in [0.15, 0.2) is 24.3 Å². The van der Waals surface area contributed by atoms with E-state index in [1.165, 1.54) is 37.9 Å². The zero-order valence-corrected chi connectivity index (χ0v) is 17.9. The molecule has 7 heteroatoms. The van der Waals surface area contributed by atoms with E-state index in [1.54, 1.807) is 4.90 Å². The summed E-state index contributed by atoms with van der Waals surface area (Å²) in [5.74, 6) is 1.57. The molecule has 0 unspecified atom stereocenters. The lowest BCUT2D eigenvalue weighted by molar-refractivity contribution is -0.117. The average molecular weight is 409 g/mol. The first kappa shape index (κ1) is 20.6. The molecule has 2 aromatic rings. The largest absolute Gasteiger partial charge is 0.383 e. The summed E-state index contributed by atoms with van der Waals surface area (Å²) in [6.07, 6.45) is 6.30. The summed E-state index contributed by atoms with van der Waals surface area (Å²) in [6.45, 7) is 6.75. The number of nitrogens with two attached hydrogens (primary N) is 1. The number of rotatable bonds is 8. The van der Waals surface area contributed by atoms with E-state index in [4.69, 9.17) is 5.73 Å². The number of unbranched alkanes of at least 4 members (excludes halogenated alkanes) is 1. The zero-order valence-electron chi connectivity index (χ0n) is 17.9. The summed E-state index contributed by atoms with van der Waals surface area (Å²) < 4.78 is 0. The second-order valence-electron chi connectivity index (χ2n) is 8.33. The number of hydrogen-bond acceptors (Lipinski definition) is 6. The molecule has 30 heavy (non-hydrogen) atoms. The highest BCUT2D eigenvalue weighted by Crippen LogP contribution is 2.32. The summed E-state index contributed by atoms with van der Waals surface area (Å²) in [7, 11) is 0. The van der Waals surface area contributed by atoms with E-state index in [-0.39, 0.29) is 12.3 Å². The number of carbonyl (C=O) groups excluding carboxylic acids is 1. The number of hydrogen-bond donors (Lipinski definition) is 2. The van der Waals surface area contributed by atoms with Gasteiger partial charge in [-0.25, -0.2) is 0 Å². The summed E-state index contributed by atoms with van der Waals surface area (Å²) in [5, 5.41) is 3.22. The van der Waals surface area contributed by atoms with Crippen LogP contribution in [0, 0.1) is 0 Å². The van der Waals surface area contributed by atoms with Crippen LogP contribution in [0.3, 0.4) is 0 Å². The lowest BCUT2D eigenvalue weighted by Crippen LogP contribution is -2.29. The summed E-state index contributed by atoms with van der Waals surface area (Å²) >= 11 is 0. The number of likely N-dealkylation sites (tertiary alicyclic amines) is 1. The molecule has 1 aromatic carbocycles. The van der Waals surface area contributed by atoms with Gasteiger partial charge in [-0.15, -0.1) is 0 Å². The molecule has 3 N–H and O–H groups in total. The Balaban J connectivity index is 1.50. The first-order valence-electron chi connectivity index (χ1n) is 11.1. The van der Waals surface area contributed by atoms with Crippen LogP contribution in [-0.2, 0) is 24.3 Å². The first-order chi connectivity index (χ1) is 14.6. The first-order valence-corrected chi connectivity index (χ1v) is 11.1. The van der Waals surface area contributed by atoms with Gasteiger partial charge in [0.1, 0.15) is 11.6 Å². The van der Waals surface area contributed by atoms with E-state index >= 15 is 0 Å². The third-order valence-corrected chi connectivity index (χ3v) is 5.90. The van der Waals surface area contributed by atoms with Gasteiger partial charge >= 0.3 is 0 Å². The monoisotopic (exact) mass is 408 g/mol. The Hall–Kier alpha value is -2.67. The second-order valence-corrected chi connectivity index (χ2v) is 8.33. The van der Waals surface area contributed by atoms with Gasteiger partial charge in [0.25, 0.3) is 0 Å². The predicted octanol–water partition coefficient (Wildman–Crippen LogP) is 3.35. The Morgan fingerprint density at radius 1 is 1.10 bits per heavy atom. The number of amides is 1. The maximum Gasteiger partial charge on any atom is 0.233 e. The molecule has 0 spiro atoms. The van der Waals surface area contributed by atoms with Crippen LogP contribution in [0.1, 0.15) is 55.7 Å². The van der Waals surface area contributed by atoms with Crippen molar-refractivity contribution in [2.75, 3.05) is 35.6 Å².